The maximum atomic E-state index is 10.1. The molecule has 0 amide bonds. The highest BCUT2D eigenvalue weighted by Crippen LogP contribution is 2.01. The van der Waals surface area contributed by atoms with E-state index in [0.29, 0.717) is 5.57 Å². The molecule has 0 aromatic heterocycles. The second-order valence-electron chi connectivity index (χ2n) is 1.96. The van der Waals surface area contributed by atoms with Crippen molar-refractivity contribution >= 4 is 6.29 Å². The number of hydrogen-bond donors (Lipinski definition) is 1. The summed E-state index contributed by atoms with van der Waals surface area (Å²) in [5.41, 5.74) is 5.84. The van der Waals surface area contributed by atoms with E-state index < -0.39 is 0 Å². The van der Waals surface area contributed by atoms with E-state index in [4.69, 9.17) is 5.73 Å². The van der Waals surface area contributed by atoms with Gasteiger partial charge in [-0.1, -0.05) is 13.3 Å². The van der Waals surface area contributed by atoms with Crippen LogP contribution in [0.1, 0.15) is 26.2 Å². The first kappa shape index (κ1) is 8.21. The Morgan fingerprint density at radius 1 is 1.67 bits per heavy atom. The fraction of sp³-hybridized carbons (Fsp3) is 0.571. The van der Waals surface area contributed by atoms with Crippen LogP contribution >= 0.6 is 0 Å². The van der Waals surface area contributed by atoms with Crippen molar-refractivity contribution in [3.05, 3.63) is 11.8 Å². The first-order chi connectivity index (χ1) is 4.35. The number of aldehydes is 1. The summed E-state index contributed by atoms with van der Waals surface area (Å²) in [6.07, 6.45) is 5.15. The maximum absolute atomic E-state index is 10.1. The van der Waals surface area contributed by atoms with E-state index >= 15 is 0 Å². The Kier molecular flexibility index (Phi) is 4.88. The van der Waals surface area contributed by atoms with Crippen LogP contribution in [0.15, 0.2) is 11.8 Å². The van der Waals surface area contributed by atoms with Crippen LogP contribution < -0.4 is 5.73 Å². The molecule has 0 rings (SSSR count). The van der Waals surface area contributed by atoms with Crippen LogP contribution in [-0.4, -0.2) is 6.29 Å². The minimum atomic E-state index is 0.705. The molecular formula is C7H13NO. The lowest BCUT2D eigenvalue weighted by molar-refractivity contribution is -0.105. The quantitative estimate of drug-likeness (QED) is 0.455. The number of unbranched alkanes of at least 4 members (excludes halogenated alkanes) is 1. The third-order valence-electron chi connectivity index (χ3n) is 1.18. The van der Waals surface area contributed by atoms with E-state index in [0.717, 1.165) is 25.5 Å². The first-order valence-electron chi connectivity index (χ1n) is 3.21. The number of nitrogens with two attached hydrogens (primary N) is 1. The van der Waals surface area contributed by atoms with Crippen molar-refractivity contribution in [3.8, 4) is 0 Å². The van der Waals surface area contributed by atoms with Gasteiger partial charge in [0.1, 0.15) is 6.29 Å². The summed E-state index contributed by atoms with van der Waals surface area (Å²) >= 11 is 0. The SMILES string of the molecule is CCCCC(C=O)=CN. The molecule has 0 aliphatic carbocycles. The molecule has 0 aliphatic rings. The maximum Gasteiger partial charge on any atom is 0.147 e. The van der Waals surface area contributed by atoms with Crippen LogP contribution in [0.3, 0.4) is 0 Å². The van der Waals surface area contributed by atoms with Gasteiger partial charge in [-0.2, -0.15) is 0 Å². The molecule has 0 fully saturated rings. The molecule has 0 heterocycles. The summed E-state index contributed by atoms with van der Waals surface area (Å²) < 4.78 is 0. The molecule has 0 unspecified atom stereocenters. The number of carbonyl (C=O) groups excluding carboxylic acids is 1. The topological polar surface area (TPSA) is 43.1 Å². The van der Waals surface area contributed by atoms with E-state index in [-0.39, 0.29) is 0 Å². The molecule has 0 radical (unpaired) electrons. The largest absolute Gasteiger partial charge is 0.404 e. The normalized spacial score (nSPS) is 11.4. The van der Waals surface area contributed by atoms with Crippen molar-refractivity contribution in [2.24, 2.45) is 5.73 Å². The summed E-state index contributed by atoms with van der Waals surface area (Å²) in [6, 6.07) is 0. The van der Waals surface area contributed by atoms with Crippen LogP contribution in [0.4, 0.5) is 0 Å². The molecule has 52 valence electrons. The summed E-state index contributed by atoms with van der Waals surface area (Å²) in [5, 5.41) is 0. The van der Waals surface area contributed by atoms with Crippen LogP contribution in [0, 0.1) is 0 Å². The highest BCUT2D eigenvalue weighted by Gasteiger charge is 1.90. The smallest absolute Gasteiger partial charge is 0.147 e. The zero-order chi connectivity index (χ0) is 7.11. The Hall–Kier alpha value is -0.790. The van der Waals surface area contributed by atoms with Crippen LogP contribution in [0.2, 0.25) is 0 Å². The van der Waals surface area contributed by atoms with Gasteiger partial charge in [0, 0.05) is 11.8 Å². The Bertz CT molecular complexity index is 107. The van der Waals surface area contributed by atoms with Crippen LogP contribution in [-0.2, 0) is 4.79 Å². The minimum Gasteiger partial charge on any atom is -0.404 e. The van der Waals surface area contributed by atoms with Gasteiger partial charge in [-0.15, -0.1) is 0 Å². The van der Waals surface area contributed by atoms with Crippen molar-refractivity contribution < 1.29 is 4.79 Å². The standard InChI is InChI=1S/C7H13NO/c1-2-3-4-7(5-8)6-9/h5-6H,2-4,8H2,1H3. The fourth-order valence-electron chi connectivity index (χ4n) is 0.562. The molecule has 0 aromatic carbocycles. The van der Waals surface area contributed by atoms with E-state index in [1.165, 1.54) is 6.20 Å². The van der Waals surface area contributed by atoms with Gasteiger partial charge in [0.15, 0.2) is 0 Å². The fourth-order valence-corrected chi connectivity index (χ4v) is 0.562. The highest BCUT2D eigenvalue weighted by atomic mass is 16.1. The Balaban J connectivity index is 3.45. The predicted octanol–water partition coefficient (Wildman–Crippen LogP) is 1.22. The molecule has 0 saturated heterocycles. The number of hydrogen-bond acceptors (Lipinski definition) is 2. The van der Waals surface area contributed by atoms with Gasteiger partial charge >= 0.3 is 0 Å². The van der Waals surface area contributed by atoms with Crippen LogP contribution in [0.5, 0.6) is 0 Å². The van der Waals surface area contributed by atoms with Gasteiger partial charge in [-0.3, -0.25) is 4.79 Å². The van der Waals surface area contributed by atoms with E-state index in [1.54, 1.807) is 0 Å². The summed E-state index contributed by atoms with van der Waals surface area (Å²) in [5.74, 6) is 0. The molecule has 0 atom stereocenters. The molecule has 0 aliphatic heterocycles. The molecule has 0 aromatic rings. The van der Waals surface area contributed by atoms with Gasteiger partial charge in [0.2, 0.25) is 0 Å². The van der Waals surface area contributed by atoms with E-state index in [9.17, 15) is 4.79 Å². The lowest BCUT2D eigenvalue weighted by Gasteiger charge is -1.93. The Morgan fingerprint density at radius 3 is 2.67 bits per heavy atom. The molecule has 2 N–H and O–H groups in total. The van der Waals surface area contributed by atoms with Crippen molar-refractivity contribution in [3.63, 3.8) is 0 Å². The lowest BCUT2D eigenvalue weighted by Crippen LogP contribution is -1.90. The van der Waals surface area contributed by atoms with Gasteiger partial charge < -0.3 is 5.73 Å². The van der Waals surface area contributed by atoms with Gasteiger partial charge in [-0.05, 0) is 12.8 Å². The molecule has 0 spiro atoms. The zero-order valence-electron chi connectivity index (χ0n) is 5.76. The van der Waals surface area contributed by atoms with Crippen LogP contribution in [0.25, 0.3) is 0 Å². The number of rotatable bonds is 4. The second kappa shape index (κ2) is 5.35. The minimum absolute atomic E-state index is 0.705. The Morgan fingerprint density at radius 2 is 2.33 bits per heavy atom. The van der Waals surface area contributed by atoms with Crippen molar-refractivity contribution in [1.29, 1.82) is 0 Å². The lowest BCUT2D eigenvalue weighted by atomic mass is 10.1. The molecular weight excluding hydrogens is 114 g/mol. The highest BCUT2D eigenvalue weighted by molar-refractivity contribution is 5.72. The monoisotopic (exact) mass is 127 g/mol. The zero-order valence-corrected chi connectivity index (χ0v) is 5.76. The third-order valence-corrected chi connectivity index (χ3v) is 1.18. The van der Waals surface area contributed by atoms with Gasteiger partial charge in [0.05, 0.1) is 0 Å². The van der Waals surface area contributed by atoms with Crippen molar-refractivity contribution in [2.75, 3.05) is 0 Å². The van der Waals surface area contributed by atoms with Gasteiger partial charge in [0.25, 0.3) is 0 Å². The van der Waals surface area contributed by atoms with E-state index in [2.05, 4.69) is 6.92 Å². The molecule has 2 nitrogen and oxygen atoms in total. The summed E-state index contributed by atoms with van der Waals surface area (Å²) in [4.78, 5) is 10.1. The molecule has 2 heteroatoms. The average Bonchev–Trinajstić information content (AvgIpc) is 1.91. The second-order valence-corrected chi connectivity index (χ2v) is 1.96. The Labute approximate surface area is 55.7 Å². The molecule has 9 heavy (non-hydrogen) atoms. The number of carbonyl (C=O) groups is 1. The predicted molar refractivity (Wildman–Crippen MR) is 37.9 cm³/mol. The van der Waals surface area contributed by atoms with Crippen molar-refractivity contribution in [1.82, 2.24) is 0 Å². The van der Waals surface area contributed by atoms with Crippen molar-refractivity contribution in [2.45, 2.75) is 26.2 Å². The molecule has 0 bridgehead atoms. The average molecular weight is 127 g/mol. The number of allylic oxidation sites excluding steroid dienone is 1. The van der Waals surface area contributed by atoms with E-state index in [1.807, 2.05) is 0 Å². The third kappa shape index (κ3) is 3.76. The summed E-state index contributed by atoms with van der Waals surface area (Å²) in [6.45, 7) is 2.08. The first-order valence-corrected chi connectivity index (χ1v) is 3.21. The molecule has 0 saturated carbocycles. The van der Waals surface area contributed by atoms with Gasteiger partial charge in [-0.25, -0.2) is 0 Å². The summed E-state index contributed by atoms with van der Waals surface area (Å²) in [7, 11) is 0.